The van der Waals surface area contributed by atoms with E-state index in [1.54, 1.807) is 0 Å². The number of nitrogens with one attached hydrogen (secondary N) is 1. The molecule has 0 spiro atoms. The standard InChI is InChI=1S/C30H56N2O3/c1-5-31-23-12-13-29(3)22(19-23)8-9-24-26-11-10-25(30(26,4)28(35)20-27(24)29)21(2)7-6-14-32(15-17-33)16-18-34/h21-28,31,33-35H,5-20H2,1-4H3/t21-,22-,23+,24+,25-,26+,27+,28+,29+,30-/m1/s1. The number of nitrogens with zero attached hydrogens (tertiary/aromatic N) is 1. The Morgan fingerprint density at radius 1 is 0.943 bits per heavy atom. The van der Waals surface area contributed by atoms with Crippen molar-refractivity contribution in [3.8, 4) is 0 Å². The predicted molar refractivity (Wildman–Crippen MR) is 143 cm³/mol. The van der Waals surface area contributed by atoms with Crippen molar-refractivity contribution in [2.75, 3.05) is 39.4 Å². The molecular formula is C30H56N2O3. The van der Waals surface area contributed by atoms with Gasteiger partial charge >= 0.3 is 0 Å². The summed E-state index contributed by atoms with van der Waals surface area (Å²) in [6.45, 7) is 13.4. The summed E-state index contributed by atoms with van der Waals surface area (Å²) in [5, 5.41) is 34.2. The zero-order valence-electron chi connectivity index (χ0n) is 23.2. The minimum Gasteiger partial charge on any atom is -0.395 e. The monoisotopic (exact) mass is 492 g/mol. The van der Waals surface area contributed by atoms with Gasteiger partial charge in [0.25, 0.3) is 0 Å². The van der Waals surface area contributed by atoms with Crippen molar-refractivity contribution < 1.29 is 15.3 Å². The zero-order valence-corrected chi connectivity index (χ0v) is 23.2. The molecule has 5 nitrogen and oxygen atoms in total. The molecule has 10 atom stereocenters. The van der Waals surface area contributed by atoms with Gasteiger partial charge in [-0.3, -0.25) is 4.90 Å². The average molecular weight is 493 g/mol. The van der Waals surface area contributed by atoms with E-state index in [4.69, 9.17) is 0 Å². The first-order chi connectivity index (χ1) is 16.8. The Morgan fingerprint density at radius 3 is 2.37 bits per heavy atom. The number of rotatable bonds is 11. The minimum absolute atomic E-state index is 0.0701. The van der Waals surface area contributed by atoms with Crippen molar-refractivity contribution >= 4 is 0 Å². The number of hydrogen-bond donors (Lipinski definition) is 4. The molecule has 35 heavy (non-hydrogen) atoms. The summed E-state index contributed by atoms with van der Waals surface area (Å²) in [4.78, 5) is 2.18. The molecule has 4 fully saturated rings. The lowest BCUT2D eigenvalue weighted by molar-refractivity contribution is -0.169. The van der Waals surface area contributed by atoms with E-state index in [0.717, 1.165) is 37.8 Å². The summed E-state index contributed by atoms with van der Waals surface area (Å²) in [5.74, 6) is 4.26. The molecule has 0 aromatic rings. The van der Waals surface area contributed by atoms with Crippen LogP contribution in [0.3, 0.4) is 0 Å². The van der Waals surface area contributed by atoms with Crippen LogP contribution in [0.5, 0.6) is 0 Å². The van der Waals surface area contributed by atoms with Gasteiger partial charge in [0.05, 0.1) is 19.3 Å². The van der Waals surface area contributed by atoms with Gasteiger partial charge < -0.3 is 20.6 Å². The second-order valence-corrected chi connectivity index (χ2v) is 13.4. The molecule has 204 valence electrons. The molecule has 0 amide bonds. The van der Waals surface area contributed by atoms with Crippen LogP contribution in [0.15, 0.2) is 0 Å². The number of hydrogen-bond acceptors (Lipinski definition) is 5. The number of aliphatic hydroxyl groups is 3. The highest BCUT2D eigenvalue weighted by Gasteiger charge is 2.63. The van der Waals surface area contributed by atoms with Crippen LogP contribution in [0.2, 0.25) is 0 Å². The van der Waals surface area contributed by atoms with Crippen molar-refractivity contribution in [3.05, 3.63) is 0 Å². The molecule has 0 bridgehead atoms. The minimum atomic E-state index is -0.161. The highest BCUT2D eigenvalue weighted by Crippen LogP contribution is 2.68. The zero-order chi connectivity index (χ0) is 25.2. The Bertz CT molecular complexity index is 670. The molecule has 0 heterocycles. The fourth-order valence-electron chi connectivity index (χ4n) is 10.1. The van der Waals surface area contributed by atoms with Crippen LogP contribution in [0, 0.1) is 46.3 Å². The molecule has 4 N–H and O–H groups in total. The molecule has 4 rings (SSSR count). The van der Waals surface area contributed by atoms with E-state index in [0.29, 0.717) is 48.2 Å². The Hall–Kier alpha value is -0.200. The van der Waals surface area contributed by atoms with Gasteiger partial charge in [-0.25, -0.2) is 0 Å². The van der Waals surface area contributed by atoms with Gasteiger partial charge in [0.2, 0.25) is 0 Å². The molecule has 0 unspecified atom stereocenters. The van der Waals surface area contributed by atoms with Crippen molar-refractivity contribution in [2.45, 2.75) is 104 Å². The van der Waals surface area contributed by atoms with E-state index < -0.39 is 0 Å². The third-order valence-corrected chi connectivity index (χ3v) is 12.0. The first-order valence-electron chi connectivity index (χ1n) is 15.1. The van der Waals surface area contributed by atoms with Gasteiger partial charge in [0, 0.05) is 19.1 Å². The molecule has 4 aliphatic rings. The summed E-state index contributed by atoms with van der Waals surface area (Å²) in [6, 6.07) is 0.704. The quantitative estimate of drug-likeness (QED) is 0.346. The van der Waals surface area contributed by atoms with Crippen LogP contribution >= 0.6 is 0 Å². The molecule has 0 aromatic heterocycles. The highest BCUT2D eigenvalue weighted by molar-refractivity contribution is 5.12. The van der Waals surface area contributed by atoms with Crippen molar-refractivity contribution in [2.24, 2.45) is 46.3 Å². The lowest BCUT2D eigenvalue weighted by Crippen LogP contribution is -2.59. The first-order valence-corrected chi connectivity index (χ1v) is 15.1. The van der Waals surface area contributed by atoms with E-state index >= 15 is 0 Å². The maximum absolute atomic E-state index is 11.8. The molecule has 4 aliphatic carbocycles. The van der Waals surface area contributed by atoms with Gasteiger partial charge in [-0.15, -0.1) is 0 Å². The smallest absolute Gasteiger partial charge is 0.0602 e. The summed E-state index contributed by atoms with van der Waals surface area (Å²) >= 11 is 0. The van der Waals surface area contributed by atoms with Crippen LogP contribution in [-0.2, 0) is 0 Å². The summed E-state index contributed by atoms with van der Waals surface area (Å²) in [7, 11) is 0. The van der Waals surface area contributed by atoms with E-state index in [9.17, 15) is 15.3 Å². The van der Waals surface area contributed by atoms with Crippen LogP contribution in [0.4, 0.5) is 0 Å². The van der Waals surface area contributed by atoms with Crippen LogP contribution in [0.25, 0.3) is 0 Å². The third-order valence-electron chi connectivity index (χ3n) is 12.0. The SMILES string of the molecule is CCN[C@H]1CC[C@@]2(C)[C@H](CC[C@@H]3[C@@H]2C[C@H](O)[C@]2(C)[C@@H]([C@H](C)CCCN(CCO)CCO)CC[C@@H]32)C1. The highest BCUT2D eigenvalue weighted by atomic mass is 16.3. The van der Waals surface area contributed by atoms with Crippen LogP contribution in [0.1, 0.15) is 91.9 Å². The first kappa shape index (κ1) is 27.8. The normalized spacial score (nSPS) is 44.1. The average Bonchev–Trinajstić information content (AvgIpc) is 3.19. The van der Waals surface area contributed by atoms with E-state index in [2.05, 4.69) is 37.9 Å². The maximum atomic E-state index is 11.8. The fraction of sp³-hybridized carbons (Fsp3) is 1.00. The van der Waals surface area contributed by atoms with E-state index in [1.165, 1.54) is 51.4 Å². The lowest BCUT2D eigenvalue weighted by Gasteiger charge is -2.62. The van der Waals surface area contributed by atoms with Crippen LogP contribution < -0.4 is 5.32 Å². The van der Waals surface area contributed by atoms with Crippen molar-refractivity contribution in [3.63, 3.8) is 0 Å². The maximum Gasteiger partial charge on any atom is 0.0602 e. The van der Waals surface area contributed by atoms with Crippen molar-refractivity contribution in [1.82, 2.24) is 10.2 Å². The summed E-state index contributed by atoms with van der Waals surface area (Å²) in [6.07, 6.45) is 12.5. The lowest BCUT2D eigenvalue weighted by atomic mass is 9.43. The van der Waals surface area contributed by atoms with E-state index in [-0.39, 0.29) is 24.7 Å². The molecule has 0 aliphatic heterocycles. The van der Waals surface area contributed by atoms with Crippen molar-refractivity contribution in [1.29, 1.82) is 0 Å². The summed E-state index contributed by atoms with van der Waals surface area (Å²) < 4.78 is 0. The molecule has 0 radical (unpaired) electrons. The van der Waals surface area contributed by atoms with Gasteiger partial charge in [0.15, 0.2) is 0 Å². The molecule has 4 saturated carbocycles. The van der Waals surface area contributed by atoms with Gasteiger partial charge in [0.1, 0.15) is 0 Å². The summed E-state index contributed by atoms with van der Waals surface area (Å²) in [5.41, 5.74) is 0.490. The number of aliphatic hydroxyl groups excluding tert-OH is 3. The van der Waals surface area contributed by atoms with Gasteiger partial charge in [-0.1, -0.05) is 27.7 Å². The van der Waals surface area contributed by atoms with E-state index in [1.807, 2.05) is 0 Å². The second-order valence-electron chi connectivity index (χ2n) is 13.4. The van der Waals surface area contributed by atoms with Gasteiger partial charge in [-0.05, 0) is 124 Å². The molecule has 5 heteroatoms. The third kappa shape index (κ3) is 5.24. The fourth-order valence-corrected chi connectivity index (χ4v) is 10.1. The van der Waals surface area contributed by atoms with Gasteiger partial charge in [-0.2, -0.15) is 0 Å². The number of fused-ring (bicyclic) bond motifs is 5. The Labute approximate surface area is 215 Å². The Balaban J connectivity index is 1.41. The topological polar surface area (TPSA) is 76.0 Å². The molecule has 0 saturated heterocycles. The molecule has 0 aromatic carbocycles. The second kappa shape index (κ2) is 11.7. The Kier molecular flexibility index (Phi) is 9.28. The predicted octanol–water partition coefficient (Wildman–Crippen LogP) is 4.30. The largest absolute Gasteiger partial charge is 0.395 e. The van der Waals surface area contributed by atoms with Crippen LogP contribution in [-0.4, -0.2) is 71.8 Å². The molecular weight excluding hydrogens is 436 g/mol. The Morgan fingerprint density at radius 2 is 1.69 bits per heavy atom.